The van der Waals surface area contributed by atoms with Gasteiger partial charge in [-0.3, -0.25) is 0 Å². The van der Waals surface area contributed by atoms with Gasteiger partial charge in [-0.25, -0.2) is 4.79 Å². The Kier molecular flexibility index (Phi) is 3.66. The van der Waals surface area contributed by atoms with Crippen molar-refractivity contribution < 1.29 is 19.0 Å². The molecule has 1 aliphatic carbocycles. The SMILES string of the molecule is CCOC(=O)NC1CCCCC12OCCO2. The van der Waals surface area contributed by atoms with Crippen molar-refractivity contribution in [3.63, 3.8) is 0 Å². The molecule has 16 heavy (non-hydrogen) atoms. The predicted octanol–water partition coefficient (Wildman–Crippen LogP) is 1.42. The van der Waals surface area contributed by atoms with Crippen LogP contribution in [0.2, 0.25) is 0 Å². The summed E-state index contributed by atoms with van der Waals surface area (Å²) in [5.41, 5.74) is 0. The van der Waals surface area contributed by atoms with Gasteiger partial charge >= 0.3 is 6.09 Å². The van der Waals surface area contributed by atoms with E-state index >= 15 is 0 Å². The van der Waals surface area contributed by atoms with Gasteiger partial charge in [0.15, 0.2) is 5.79 Å². The molecule has 0 radical (unpaired) electrons. The normalized spacial score (nSPS) is 27.9. The fourth-order valence-corrected chi connectivity index (χ4v) is 2.43. The van der Waals surface area contributed by atoms with Gasteiger partial charge in [-0.1, -0.05) is 6.42 Å². The third-order valence-corrected chi connectivity index (χ3v) is 3.14. The van der Waals surface area contributed by atoms with Crippen LogP contribution in [0, 0.1) is 0 Å². The maximum absolute atomic E-state index is 11.4. The lowest BCUT2D eigenvalue weighted by atomic mass is 9.89. The van der Waals surface area contributed by atoms with E-state index in [9.17, 15) is 4.79 Å². The second-order valence-corrected chi connectivity index (χ2v) is 4.17. The van der Waals surface area contributed by atoms with Crippen molar-refractivity contribution >= 4 is 6.09 Å². The summed E-state index contributed by atoms with van der Waals surface area (Å²) < 4.78 is 16.2. The minimum absolute atomic E-state index is 0.0807. The molecule has 1 saturated heterocycles. The average Bonchev–Trinajstić information content (AvgIpc) is 2.72. The summed E-state index contributed by atoms with van der Waals surface area (Å²) in [4.78, 5) is 11.4. The molecule has 2 fully saturated rings. The van der Waals surface area contributed by atoms with E-state index in [-0.39, 0.29) is 12.1 Å². The van der Waals surface area contributed by atoms with Crippen LogP contribution in [0.25, 0.3) is 0 Å². The number of nitrogens with one attached hydrogen (secondary N) is 1. The topological polar surface area (TPSA) is 56.8 Å². The maximum atomic E-state index is 11.4. The van der Waals surface area contributed by atoms with Crippen LogP contribution < -0.4 is 5.32 Å². The van der Waals surface area contributed by atoms with Gasteiger partial charge in [-0.15, -0.1) is 0 Å². The largest absolute Gasteiger partial charge is 0.450 e. The molecule has 92 valence electrons. The van der Waals surface area contributed by atoms with Crippen molar-refractivity contribution in [1.29, 1.82) is 0 Å². The summed E-state index contributed by atoms with van der Waals surface area (Å²) in [5.74, 6) is -0.592. The van der Waals surface area contributed by atoms with E-state index in [0.717, 1.165) is 25.7 Å². The Bertz CT molecular complexity index is 250. The first kappa shape index (κ1) is 11.7. The Hall–Kier alpha value is -0.810. The highest BCUT2D eigenvalue weighted by atomic mass is 16.7. The van der Waals surface area contributed by atoms with E-state index in [1.165, 1.54) is 0 Å². The lowest BCUT2D eigenvalue weighted by molar-refractivity contribution is -0.193. The molecule has 5 heteroatoms. The minimum atomic E-state index is -0.592. The van der Waals surface area contributed by atoms with Crippen LogP contribution in [0.4, 0.5) is 4.79 Å². The van der Waals surface area contributed by atoms with Crippen molar-refractivity contribution in [1.82, 2.24) is 5.32 Å². The van der Waals surface area contributed by atoms with Gasteiger partial charge in [-0.05, 0) is 19.8 Å². The lowest BCUT2D eigenvalue weighted by Crippen LogP contribution is -2.55. The quantitative estimate of drug-likeness (QED) is 0.778. The summed E-state index contributed by atoms with van der Waals surface area (Å²) >= 11 is 0. The van der Waals surface area contributed by atoms with E-state index in [2.05, 4.69) is 5.32 Å². The highest BCUT2D eigenvalue weighted by molar-refractivity contribution is 5.67. The number of carbonyl (C=O) groups excluding carboxylic acids is 1. The molecule has 0 aromatic rings. The zero-order valence-electron chi connectivity index (χ0n) is 9.66. The van der Waals surface area contributed by atoms with E-state index in [1.54, 1.807) is 6.92 Å². The van der Waals surface area contributed by atoms with Gasteiger partial charge in [-0.2, -0.15) is 0 Å². The molecule has 0 aromatic carbocycles. The molecule has 1 aliphatic heterocycles. The standard InChI is InChI=1S/C11H19NO4/c1-2-14-10(13)12-9-5-3-4-6-11(9)15-7-8-16-11/h9H,2-8H2,1H3,(H,12,13). The second kappa shape index (κ2) is 5.01. The number of amides is 1. The van der Waals surface area contributed by atoms with Gasteiger partial charge in [0.05, 0.1) is 25.9 Å². The zero-order chi connectivity index (χ0) is 11.4. The Morgan fingerprint density at radius 3 is 2.88 bits per heavy atom. The van der Waals surface area contributed by atoms with Crippen LogP contribution in [0.5, 0.6) is 0 Å². The molecule has 2 rings (SSSR count). The molecule has 0 bridgehead atoms. The summed E-state index contributed by atoms with van der Waals surface area (Å²) in [7, 11) is 0. The molecule has 1 amide bonds. The van der Waals surface area contributed by atoms with Crippen LogP contribution in [0.3, 0.4) is 0 Å². The van der Waals surface area contributed by atoms with Crippen molar-refractivity contribution in [2.45, 2.75) is 44.4 Å². The second-order valence-electron chi connectivity index (χ2n) is 4.17. The third kappa shape index (κ3) is 2.30. The van der Waals surface area contributed by atoms with Crippen molar-refractivity contribution in [2.24, 2.45) is 0 Å². The maximum Gasteiger partial charge on any atom is 0.407 e. The minimum Gasteiger partial charge on any atom is -0.450 e. The van der Waals surface area contributed by atoms with Crippen LogP contribution in [-0.2, 0) is 14.2 Å². The molecule has 1 spiro atoms. The molecule has 1 atom stereocenters. The predicted molar refractivity (Wildman–Crippen MR) is 57.0 cm³/mol. The van der Waals surface area contributed by atoms with Crippen LogP contribution in [0.15, 0.2) is 0 Å². The molecule has 1 N–H and O–H groups in total. The van der Waals surface area contributed by atoms with Crippen molar-refractivity contribution in [3.8, 4) is 0 Å². The average molecular weight is 229 g/mol. The first-order valence-electron chi connectivity index (χ1n) is 5.98. The Morgan fingerprint density at radius 2 is 2.19 bits per heavy atom. The number of ether oxygens (including phenoxy) is 3. The zero-order valence-corrected chi connectivity index (χ0v) is 9.66. The lowest BCUT2D eigenvalue weighted by Gasteiger charge is -2.39. The van der Waals surface area contributed by atoms with Gasteiger partial charge in [0, 0.05) is 6.42 Å². The molecule has 1 saturated carbocycles. The van der Waals surface area contributed by atoms with Gasteiger partial charge in [0.25, 0.3) is 0 Å². The van der Waals surface area contributed by atoms with Crippen molar-refractivity contribution in [2.75, 3.05) is 19.8 Å². The molecule has 1 unspecified atom stereocenters. The van der Waals surface area contributed by atoms with Crippen LogP contribution in [0.1, 0.15) is 32.6 Å². The first-order chi connectivity index (χ1) is 7.77. The highest BCUT2D eigenvalue weighted by Gasteiger charge is 2.46. The summed E-state index contributed by atoms with van der Waals surface area (Å²) in [6.07, 6.45) is 3.53. The van der Waals surface area contributed by atoms with Gasteiger partial charge in [0.1, 0.15) is 0 Å². The third-order valence-electron chi connectivity index (χ3n) is 3.14. The molecule has 1 heterocycles. The molecule has 2 aliphatic rings. The summed E-state index contributed by atoms with van der Waals surface area (Å²) in [5, 5.41) is 2.84. The first-order valence-corrected chi connectivity index (χ1v) is 5.98. The number of hydrogen-bond acceptors (Lipinski definition) is 4. The number of hydrogen-bond donors (Lipinski definition) is 1. The highest BCUT2D eigenvalue weighted by Crippen LogP contribution is 2.35. The Morgan fingerprint density at radius 1 is 1.44 bits per heavy atom. The summed E-state index contributed by atoms with van der Waals surface area (Å²) in [6.45, 7) is 3.40. The smallest absolute Gasteiger partial charge is 0.407 e. The molecular weight excluding hydrogens is 210 g/mol. The number of carbonyl (C=O) groups is 1. The van der Waals surface area contributed by atoms with Crippen LogP contribution in [-0.4, -0.2) is 37.7 Å². The fraction of sp³-hybridized carbons (Fsp3) is 0.909. The monoisotopic (exact) mass is 229 g/mol. The van der Waals surface area contributed by atoms with E-state index in [4.69, 9.17) is 14.2 Å². The van der Waals surface area contributed by atoms with E-state index in [1.807, 2.05) is 0 Å². The van der Waals surface area contributed by atoms with Crippen LogP contribution >= 0.6 is 0 Å². The summed E-state index contributed by atoms with van der Waals surface area (Å²) in [6, 6.07) is -0.0807. The molecular formula is C11H19NO4. The van der Waals surface area contributed by atoms with E-state index < -0.39 is 5.79 Å². The molecule has 5 nitrogen and oxygen atoms in total. The number of rotatable bonds is 2. The molecule has 0 aromatic heterocycles. The van der Waals surface area contributed by atoms with E-state index in [0.29, 0.717) is 19.8 Å². The van der Waals surface area contributed by atoms with Crippen molar-refractivity contribution in [3.05, 3.63) is 0 Å². The Labute approximate surface area is 95.4 Å². The van der Waals surface area contributed by atoms with Gasteiger partial charge < -0.3 is 19.5 Å². The van der Waals surface area contributed by atoms with Gasteiger partial charge in [0.2, 0.25) is 0 Å². The fourth-order valence-electron chi connectivity index (χ4n) is 2.43. The Balaban J connectivity index is 1.96. The number of alkyl carbamates (subject to hydrolysis) is 1.